The van der Waals surface area contributed by atoms with Crippen molar-refractivity contribution in [1.29, 1.82) is 0 Å². The van der Waals surface area contributed by atoms with Crippen molar-refractivity contribution in [2.45, 2.75) is 0 Å². The van der Waals surface area contributed by atoms with Gasteiger partial charge < -0.3 is 19.2 Å². The molecule has 204 valence electrons. The molecule has 0 radical (unpaired) electrons. The zero-order valence-corrected chi connectivity index (χ0v) is 19.6. The first-order valence-corrected chi connectivity index (χ1v) is 10.7. The van der Waals surface area contributed by atoms with E-state index in [4.69, 9.17) is 99.1 Å². The summed E-state index contributed by atoms with van der Waals surface area (Å²) in [5.74, 6) is 0. The zero-order valence-electron chi connectivity index (χ0n) is 14.7. The molecule has 0 aromatic heterocycles. The Labute approximate surface area is 194 Å². The lowest BCUT2D eigenvalue weighted by Gasteiger charge is -1.59. The molecule has 0 rings (SSSR count). The summed E-state index contributed by atoms with van der Waals surface area (Å²) < 4.78 is 137. The lowest BCUT2D eigenvalue weighted by Crippen LogP contribution is -1.74. The summed E-state index contributed by atoms with van der Waals surface area (Å²) in [6.45, 7) is 8.00. The average Bonchev–Trinajstić information content (AvgIpc) is 2.58. The van der Waals surface area contributed by atoms with Gasteiger partial charge in [0, 0.05) is 0 Å². The second-order valence-corrected chi connectivity index (χ2v) is 4.15. The van der Waals surface area contributed by atoms with Crippen LogP contribution in [-0.2, 0) is 87.3 Å². The highest BCUT2D eigenvalue weighted by Crippen LogP contribution is 1.46. The van der Waals surface area contributed by atoms with Gasteiger partial charge in [-0.25, -0.2) is 0 Å². The van der Waals surface area contributed by atoms with Crippen LogP contribution in [0, 0.1) is 0 Å². The minimum Gasteiger partial charge on any atom is -0.307 e. The molecule has 0 amide bonds. The second-order valence-electron chi connectivity index (χ2n) is 1.38. The van der Waals surface area contributed by atoms with Crippen molar-refractivity contribution in [1.82, 2.24) is 0 Å². The highest BCUT2D eigenvalue weighted by Gasteiger charge is 1.64. The molecule has 0 aromatic carbocycles. The summed E-state index contributed by atoms with van der Waals surface area (Å²) in [4.78, 5) is 32.0. The summed E-state index contributed by atoms with van der Waals surface area (Å²) >= 11 is -15.7. The van der Waals surface area contributed by atoms with Crippen LogP contribution in [0.4, 0.5) is 0 Å². The van der Waals surface area contributed by atoms with E-state index in [1.54, 1.807) is 0 Å². The second kappa shape index (κ2) is 87.2. The Morgan fingerprint density at radius 1 is 0.250 bits per heavy atom. The van der Waals surface area contributed by atoms with Crippen LogP contribution < -0.4 is 0 Å². The van der Waals surface area contributed by atoms with Crippen LogP contribution in [0.25, 0.3) is 0 Å². The van der Waals surface area contributed by atoms with Gasteiger partial charge in [-0.15, -0.1) is 0 Å². The lowest BCUT2D eigenvalue weighted by molar-refractivity contribution is -0.0987. The quantitative estimate of drug-likeness (QED) is 0.124. The Morgan fingerprint density at radius 3 is 0.250 bits per heavy atom. The molecule has 0 aliphatic heterocycles. The van der Waals surface area contributed by atoms with Crippen LogP contribution in [0.2, 0.25) is 0 Å². The minimum absolute atomic E-state index is 2.00. The van der Waals surface area contributed by atoms with Crippen LogP contribution in [-0.4, -0.2) is 107 Å². The standard InChI is InChI=1S/4CH2O.6H2O3S/c4*1-2;6*1-4(2)3/h4*1H2;6*(H2,1,2,3). The molecule has 12 N–H and O–H groups in total. The Balaban J connectivity index is -0.0000000213. The molecular formula is C4H20O22S6. The Kier molecular flexibility index (Phi) is 172. The molecule has 0 aliphatic carbocycles. The fourth-order valence-corrected chi connectivity index (χ4v) is 0. The van der Waals surface area contributed by atoms with Gasteiger partial charge in [0.25, 0.3) is 68.2 Å². The van der Waals surface area contributed by atoms with E-state index >= 15 is 0 Å². The van der Waals surface area contributed by atoms with Crippen molar-refractivity contribution in [2.24, 2.45) is 0 Å². The van der Waals surface area contributed by atoms with Gasteiger partial charge in [0.05, 0.1) is 0 Å². The first-order chi connectivity index (χ1) is 14.4. The molecule has 0 spiro atoms. The molecule has 0 unspecified atom stereocenters. The van der Waals surface area contributed by atoms with Crippen molar-refractivity contribution in [3.05, 3.63) is 0 Å². The van der Waals surface area contributed by atoms with Crippen molar-refractivity contribution in [3.63, 3.8) is 0 Å². The van der Waals surface area contributed by atoms with E-state index in [-0.39, 0.29) is 0 Å². The molecule has 0 bridgehead atoms. The Morgan fingerprint density at radius 2 is 0.250 bits per heavy atom. The fraction of sp³-hybridized carbons (Fsp3) is 0. The molecule has 0 heterocycles. The average molecular weight is 613 g/mol. The number of hydrogen-bond acceptors (Lipinski definition) is 10. The summed E-state index contributed by atoms with van der Waals surface area (Å²) in [5.41, 5.74) is 0. The zero-order chi connectivity index (χ0) is 29.5. The lowest BCUT2D eigenvalue weighted by atomic mass is 11.9. The summed E-state index contributed by atoms with van der Waals surface area (Å²) in [7, 11) is 0. The molecule has 0 aromatic rings. The van der Waals surface area contributed by atoms with E-state index in [2.05, 4.69) is 0 Å². The van der Waals surface area contributed by atoms with Crippen molar-refractivity contribution < 1.29 is 99.1 Å². The highest BCUT2D eigenvalue weighted by molar-refractivity contribution is 7.74. The molecule has 0 aliphatic rings. The van der Waals surface area contributed by atoms with E-state index in [1.165, 1.54) is 0 Å². The fourth-order valence-electron chi connectivity index (χ4n) is 0. The third-order valence-electron chi connectivity index (χ3n) is 0. The van der Waals surface area contributed by atoms with E-state index < -0.39 is 68.2 Å². The van der Waals surface area contributed by atoms with E-state index in [1.807, 2.05) is 27.2 Å². The molecule has 0 saturated heterocycles. The monoisotopic (exact) mass is 612 g/mol. The molecule has 28 heteroatoms. The first kappa shape index (κ1) is 63.3. The molecule has 0 atom stereocenters. The van der Waals surface area contributed by atoms with E-state index in [0.717, 1.165) is 0 Å². The van der Waals surface area contributed by atoms with Crippen molar-refractivity contribution >= 4 is 95.3 Å². The van der Waals surface area contributed by atoms with E-state index in [9.17, 15) is 0 Å². The van der Waals surface area contributed by atoms with Gasteiger partial charge in [-0.3, -0.25) is 54.6 Å². The predicted molar refractivity (Wildman–Crippen MR) is 109 cm³/mol. The summed E-state index contributed by atoms with van der Waals surface area (Å²) in [6.07, 6.45) is 0. The van der Waals surface area contributed by atoms with Gasteiger partial charge in [-0.05, 0) is 0 Å². The smallest absolute Gasteiger partial charge is 0.299 e. The Bertz CT molecular complexity index is 315. The maximum absolute atomic E-state index is 8.67. The Hall–Kier alpha value is -0.900. The van der Waals surface area contributed by atoms with Crippen LogP contribution in [0.3, 0.4) is 0 Å². The number of carbonyl (C=O) groups excluding carboxylic acids is 4. The largest absolute Gasteiger partial charge is 0.307 e. The number of hydrogen-bond donors (Lipinski definition) is 12. The highest BCUT2D eigenvalue weighted by atomic mass is 32.2. The van der Waals surface area contributed by atoms with Gasteiger partial charge in [0.1, 0.15) is 27.2 Å². The predicted octanol–water partition coefficient (Wildman–Crippen LogP) is -2.65. The SMILES string of the molecule is C=O.C=O.C=O.C=O.O=S(O)O.O=S(O)O.O=S(O)O.O=S(O)O.O=S(O)O.O=S(O)O. The minimum atomic E-state index is -2.61. The van der Waals surface area contributed by atoms with E-state index in [0.29, 0.717) is 0 Å². The first-order valence-electron chi connectivity index (χ1n) is 4.35. The third kappa shape index (κ3) is 28400. The van der Waals surface area contributed by atoms with Crippen molar-refractivity contribution in [2.75, 3.05) is 0 Å². The number of carbonyl (C=O) groups is 4. The molecule has 32 heavy (non-hydrogen) atoms. The molecule has 0 fully saturated rings. The topological polar surface area (TPSA) is 413 Å². The van der Waals surface area contributed by atoms with Gasteiger partial charge >= 0.3 is 0 Å². The van der Waals surface area contributed by atoms with Crippen LogP contribution in [0.15, 0.2) is 0 Å². The van der Waals surface area contributed by atoms with Crippen LogP contribution in [0.5, 0.6) is 0 Å². The van der Waals surface area contributed by atoms with Gasteiger partial charge in [-0.2, -0.15) is 25.3 Å². The third-order valence-corrected chi connectivity index (χ3v) is 0. The molecular weight excluding hydrogens is 592 g/mol. The summed E-state index contributed by atoms with van der Waals surface area (Å²) in [6, 6.07) is 0. The summed E-state index contributed by atoms with van der Waals surface area (Å²) in [5, 5.41) is 0. The molecule has 22 nitrogen and oxygen atoms in total. The molecule has 0 saturated carbocycles. The maximum atomic E-state index is 8.67. The van der Waals surface area contributed by atoms with Crippen LogP contribution >= 0.6 is 0 Å². The van der Waals surface area contributed by atoms with Crippen LogP contribution in [0.1, 0.15) is 0 Å². The van der Waals surface area contributed by atoms with Gasteiger partial charge in [-0.1, -0.05) is 0 Å². The number of rotatable bonds is 0. The van der Waals surface area contributed by atoms with Gasteiger partial charge in [0.2, 0.25) is 0 Å². The maximum Gasteiger partial charge on any atom is 0.299 e. The van der Waals surface area contributed by atoms with Crippen molar-refractivity contribution in [3.8, 4) is 0 Å². The van der Waals surface area contributed by atoms with Gasteiger partial charge in [0.15, 0.2) is 0 Å². The normalized spacial score (nSPS) is 7.06.